The third-order valence-corrected chi connectivity index (χ3v) is 3.00. The van der Waals surface area contributed by atoms with E-state index < -0.39 is 5.82 Å². The third kappa shape index (κ3) is 2.73. The summed E-state index contributed by atoms with van der Waals surface area (Å²) in [5, 5.41) is 0. The molecule has 2 aromatic rings. The van der Waals surface area contributed by atoms with Gasteiger partial charge in [0.1, 0.15) is 11.6 Å². The van der Waals surface area contributed by atoms with Gasteiger partial charge in [0, 0.05) is 22.7 Å². The molecule has 1 aromatic heterocycles. The average Bonchev–Trinajstić information content (AvgIpc) is 2.32. The van der Waals surface area contributed by atoms with Crippen LogP contribution in [0.25, 0.3) is 0 Å². The van der Waals surface area contributed by atoms with Gasteiger partial charge in [0.05, 0.1) is 5.56 Å². The quantitative estimate of drug-likeness (QED) is 0.887. The van der Waals surface area contributed by atoms with E-state index in [0.717, 1.165) is 0 Å². The molecular formula is C13H10BrFN2O. The lowest BCUT2D eigenvalue weighted by Crippen LogP contribution is -2.08. The van der Waals surface area contributed by atoms with Crippen molar-refractivity contribution in [2.24, 2.45) is 0 Å². The normalized spacial score (nSPS) is 10.3. The maximum absolute atomic E-state index is 13.6. The molecule has 0 amide bonds. The number of carbonyl (C=O) groups is 1. The Morgan fingerprint density at radius 2 is 2.17 bits per heavy atom. The van der Waals surface area contributed by atoms with Crippen molar-refractivity contribution in [3.63, 3.8) is 0 Å². The van der Waals surface area contributed by atoms with Gasteiger partial charge in [-0.05, 0) is 24.3 Å². The highest BCUT2D eigenvalue weighted by Gasteiger charge is 2.14. The van der Waals surface area contributed by atoms with Crippen LogP contribution in [0.1, 0.15) is 15.9 Å². The van der Waals surface area contributed by atoms with Gasteiger partial charge in [0.15, 0.2) is 5.78 Å². The van der Waals surface area contributed by atoms with Crippen LogP contribution in [-0.2, 0) is 6.42 Å². The second-order valence-corrected chi connectivity index (χ2v) is 4.69. The monoisotopic (exact) mass is 308 g/mol. The molecule has 0 bridgehead atoms. The molecule has 1 heterocycles. The van der Waals surface area contributed by atoms with Crippen molar-refractivity contribution in [2.75, 3.05) is 5.73 Å². The predicted octanol–water partition coefficient (Wildman–Crippen LogP) is 2.99. The van der Waals surface area contributed by atoms with Crippen molar-refractivity contribution >= 4 is 27.5 Å². The van der Waals surface area contributed by atoms with Crippen LogP contribution >= 0.6 is 15.9 Å². The largest absolute Gasteiger partial charge is 0.383 e. The molecule has 0 atom stereocenters. The first-order valence-electron chi connectivity index (χ1n) is 5.25. The Bertz CT molecular complexity index is 601. The lowest BCUT2D eigenvalue weighted by atomic mass is 10.0. The third-order valence-electron chi connectivity index (χ3n) is 2.51. The first-order chi connectivity index (χ1) is 8.58. The molecule has 0 aliphatic heterocycles. The fraction of sp³-hybridized carbons (Fsp3) is 0.0769. The number of pyridine rings is 1. The minimum Gasteiger partial charge on any atom is -0.383 e. The van der Waals surface area contributed by atoms with Crippen LogP contribution in [-0.4, -0.2) is 10.8 Å². The smallest absolute Gasteiger partial charge is 0.170 e. The number of nitrogen functional groups attached to an aromatic ring is 1. The molecule has 0 aliphatic carbocycles. The number of ketones is 1. The first kappa shape index (κ1) is 12.7. The molecule has 0 fully saturated rings. The molecule has 0 aliphatic rings. The number of hydrogen-bond donors (Lipinski definition) is 1. The lowest BCUT2D eigenvalue weighted by Gasteiger charge is -2.05. The summed E-state index contributed by atoms with van der Waals surface area (Å²) in [5.41, 5.74) is 6.30. The Labute approximate surface area is 112 Å². The van der Waals surface area contributed by atoms with Gasteiger partial charge >= 0.3 is 0 Å². The Balaban J connectivity index is 2.25. The lowest BCUT2D eigenvalue weighted by molar-refractivity contribution is 0.0989. The topological polar surface area (TPSA) is 56.0 Å². The van der Waals surface area contributed by atoms with Crippen LogP contribution in [0, 0.1) is 5.82 Å². The highest BCUT2D eigenvalue weighted by Crippen LogP contribution is 2.18. The molecule has 0 unspecified atom stereocenters. The van der Waals surface area contributed by atoms with Crippen molar-refractivity contribution in [2.45, 2.75) is 6.42 Å². The van der Waals surface area contributed by atoms with Gasteiger partial charge in [-0.15, -0.1) is 0 Å². The van der Waals surface area contributed by atoms with E-state index in [9.17, 15) is 9.18 Å². The zero-order chi connectivity index (χ0) is 13.1. The molecule has 18 heavy (non-hydrogen) atoms. The van der Waals surface area contributed by atoms with Crippen molar-refractivity contribution in [3.05, 3.63) is 57.9 Å². The van der Waals surface area contributed by atoms with Crippen LogP contribution in [0.5, 0.6) is 0 Å². The molecule has 92 valence electrons. The summed E-state index contributed by atoms with van der Waals surface area (Å²) in [5.74, 6) is -0.570. The van der Waals surface area contributed by atoms with Gasteiger partial charge in [-0.1, -0.05) is 22.0 Å². The average molecular weight is 309 g/mol. The number of benzene rings is 1. The molecular weight excluding hydrogens is 299 g/mol. The van der Waals surface area contributed by atoms with E-state index in [4.69, 9.17) is 5.73 Å². The van der Waals surface area contributed by atoms with Crippen molar-refractivity contribution in [1.82, 2.24) is 4.98 Å². The maximum Gasteiger partial charge on any atom is 0.170 e. The zero-order valence-corrected chi connectivity index (χ0v) is 10.9. The number of nitrogens with two attached hydrogens (primary N) is 1. The Hall–Kier alpha value is -1.75. The predicted molar refractivity (Wildman–Crippen MR) is 70.8 cm³/mol. The number of carbonyl (C=O) groups excluding carboxylic acids is 1. The maximum atomic E-state index is 13.6. The molecule has 0 spiro atoms. The summed E-state index contributed by atoms with van der Waals surface area (Å²) in [6, 6.07) is 7.74. The molecule has 3 nitrogen and oxygen atoms in total. The summed E-state index contributed by atoms with van der Waals surface area (Å²) < 4.78 is 14.2. The van der Waals surface area contributed by atoms with E-state index in [1.807, 2.05) is 0 Å². The number of Topliss-reactive ketones (excluding diaryl/α,β-unsaturated/α-hetero) is 1. The van der Waals surface area contributed by atoms with E-state index in [1.165, 1.54) is 12.1 Å². The highest BCUT2D eigenvalue weighted by atomic mass is 79.9. The van der Waals surface area contributed by atoms with Crippen molar-refractivity contribution in [3.8, 4) is 0 Å². The van der Waals surface area contributed by atoms with Gasteiger partial charge in [0.2, 0.25) is 0 Å². The molecule has 2 rings (SSSR count). The number of rotatable bonds is 3. The minimum atomic E-state index is -0.545. The summed E-state index contributed by atoms with van der Waals surface area (Å²) >= 11 is 3.14. The standard InChI is InChI=1S/C13H10BrFN2O/c14-9-3-4-10(11(15)7-9)12(18)6-8-2-1-5-17-13(8)16/h1-5,7H,6H2,(H2,16,17). The van der Waals surface area contributed by atoms with Crippen molar-refractivity contribution in [1.29, 1.82) is 0 Å². The summed E-state index contributed by atoms with van der Waals surface area (Å²) in [6.07, 6.45) is 1.59. The van der Waals surface area contributed by atoms with Crippen LogP contribution < -0.4 is 5.73 Å². The summed E-state index contributed by atoms with van der Waals surface area (Å²) in [4.78, 5) is 15.8. The second-order valence-electron chi connectivity index (χ2n) is 3.77. The van der Waals surface area contributed by atoms with Gasteiger partial charge in [-0.2, -0.15) is 0 Å². The number of anilines is 1. The molecule has 0 radical (unpaired) electrons. The Kier molecular flexibility index (Phi) is 3.72. The molecule has 2 N–H and O–H groups in total. The zero-order valence-electron chi connectivity index (χ0n) is 9.36. The Morgan fingerprint density at radius 1 is 1.39 bits per heavy atom. The Morgan fingerprint density at radius 3 is 2.83 bits per heavy atom. The number of nitrogens with zero attached hydrogens (tertiary/aromatic N) is 1. The molecule has 1 aromatic carbocycles. The minimum absolute atomic E-state index is 0.0399. The number of hydrogen-bond acceptors (Lipinski definition) is 3. The second kappa shape index (κ2) is 5.27. The van der Waals surface area contributed by atoms with E-state index in [2.05, 4.69) is 20.9 Å². The molecule has 0 saturated carbocycles. The van der Waals surface area contributed by atoms with E-state index in [-0.39, 0.29) is 17.8 Å². The molecule has 5 heteroatoms. The number of aromatic nitrogens is 1. The van der Waals surface area contributed by atoms with Crippen LogP contribution in [0.2, 0.25) is 0 Å². The summed E-state index contributed by atoms with van der Waals surface area (Å²) in [6.45, 7) is 0. The van der Waals surface area contributed by atoms with Gasteiger partial charge < -0.3 is 5.73 Å². The first-order valence-corrected chi connectivity index (χ1v) is 6.05. The fourth-order valence-electron chi connectivity index (χ4n) is 1.58. The molecule has 0 saturated heterocycles. The van der Waals surface area contributed by atoms with E-state index >= 15 is 0 Å². The fourth-order valence-corrected chi connectivity index (χ4v) is 1.92. The SMILES string of the molecule is Nc1ncccc1CC(=O)c1ccc(Br)cc1F. The number of halogens is 2. The van der Waals surface area contributed by atoms with Crippen molar-refractivity contribution < 1.29 is 9.18 Å². The van der Waals surface area contributed by atoms with Crippen LogP contribution in [0.15, 0.2) is 41.0 Å². The van der Waals surface area contributed by atoms with Crippen LogP contribution in [0.3, 0.4) is 0 Å². The van der Waals surface area contributed by atoms with E-state index in [0.29, 0.717) is 15.9 Å². The van der Waals surface area contributed by atoms with Gasteiger partial charge in [0.25, 0.3) is 0 Å². The summed E-state index contributed by atoms with van der Waals surface area (Å²) in [7, 11) is 0. The van der Waals surface area contributed by atoms with Crippen LogP contribution in [0.4, 0.5) is 10.2 Å². The highest BCUT2D eigenvalue weighted by molar-refractivity contribution is 9.10. The van der Waals surface area contributed by atoms with Gasteiger partial charge in [-0.25, -0.2) is 9.37 Å². The van der Waals surface area contributed by atoms with Gasteiger partial charge in [-0.3, -0.25) is 4.79 Å². The van der Waals surface area contributed by atoms with E-state index in [1.54, 1.807) is 24.4 Å².